The molecule has 0 radical (unpaired) electrons. The van der Waals surface area contributed by atoms with Gasteiger partial charge < -0.3 is 9.84 Å². The van der Waals surface area contributed by atoms with E-state index in [9.17, 15) is 9.90 Å². The fourth-order valence-electron chi connectivity index (χ4n) is 2.18. The van der Waals surface area contributed by atoms with Crippen LogP contribution < -0.4 is 4.74 Å². The third-order valence-corrected chi connectivity index (χ3v) is 3.07. The van der Waals surface area contributed by atoms with E-state index in [0.717, 1.165) is 18.4 Å². The average molecular weight is 256 g/mol. The topological polar surface area (TPSA) is 46.5 Å². The standard InChI is InChI=1S/C16H16O3/c1-3-6-11(4-2)19-16-13-7-5-8-14(17)12(13)9-10-15(16)18/h3-4,6,9-10,18H,1-2,5,7-8H2/b11-6+. The number of rotatable bonds is 4. The van der Waals surface area contributed by atoms with Gasteiger partial charge in [0.2, 0.25) is 0 Å². The van der Waals surface area contributed by atoms with Gasteiger partial charge >= 0.3 is 0 Å². The van der Waals surface area contributed by atoms with Gasteiger partial charge in [0.25, 0.3) is 0 Å². The van der Waals surface area contributed by atoms with Crippen molar-refractivity contribution in [2.75, 3.05) is 0 Å². The summed E-state index contributed by atoms with van der Waals surface area (Å²) in [6.45, 7) is 7.23. The van der Waals surface area contributed by atoms with Gasteiger partial charge in [0, 0.05) is 17.5 Å². The van der Waals surface area contributed by atoms with Crippen LogP contribution >= 0.6 is 0 Å². The Labute approximate surface area is 112 Å². The quantitative estimate of drug-likeness (QED) is 0.662. The third-order valence-electron chi connectivity index (χ3n) is 3.07. The van der Waals surface area contributed by atoms with Crippen LogP contribution in [0.2, 0.25) is 0 Å². The second kappa shape index (κ2) is 5.57. The molecule has 1 aliphatic rings. The second-order valence-corrected chi connectivity index (χ2v) is 4.33. The van der Waals surface area contributed by atoms with Crippen molar-refractivity contribution in [1.82, 2.24) is 0 Å². The van der Waals surface area contributed by atoms with Gasteiger partial charge in [-0.05, 0) is 37.1 Å². The molecule has 0 bridgehead atoms. The molecule has 1 N–H and O–H groups in total. The molecule has 0 heterocycles. The number of Topliss-reactive ketones (excluding diaryl/α,β-unsaturated/α-hetero) is 1. The van der Waals surface area contributed by atoms with E-state index in [2.05, 4.69) is 13.2 Å². The average Bonchev–Trinajstić information content (AvgIpc) is 2.41. The Bertz CT molecular complexity index is 568. The molecule has 98 valence electrons. The number of allylic oxidation sites excluding steroid dienone is 3. The molecule has 0 unspecified atom stereocenters. The van der Waals surface area contributed by atoms with E-state index >= 15 is 0 Å². The highest BCUT2D eigenvalue weighted by molar-refractivity contribution is 5.99. The van der Waals surface area contributed by atoms with Gasteiger partial charge in [0.15, 0.2) is 17.3 Å². The first kappa shape index (κ1) is 13.1. The molecule has 0 amide bonds. The summed E-state index contributed by atoms with van der Waals surface area (Å²) in [6.07, 6.45) is 6.81. The van der Waals surface area contributed by atoms with E-state index < -0.39 is 0 Å². The first-order valence-corrected chi connectivity index (χ1v) is 6.18. The van der Waals surface area contributed by atoms with E-state index in [1.165, 1.54) is 12.1 Å². The van der Waals surface area contributed by atoms with E-state index in [1.807, 2.05) is 0 Å². The number of ketones is 1. The highest BCUT2D eigenvalue weighted by atomic mass is 16.5. The fraction of sp³-hybridized carbons (Fsp3) is 0.188. The predicted molar refractivity (Wildman–Crippen MR) is 74.5 cm³/mol. The molecule has 1 aromatic carbocycles. The van der Waals surface area contributed by atoms with Crippen molar-refractivity contribution in [3.63, 3.8) is 0 Å². The van der Waals surface area contributed by atoms with Gasteiger partial charge in [-0.1, -0.05) is 19.2 Å². The summed E-state index contributed by atoms with van der Waals surface area (Å²) < 4.78 is 5.65. The Kier molecular flexibility index (Phi) is 3.85. The van der Waals surface area contributed by atoms with Crippen LogP contribution in [-0.2, 0) is 6.42 Å². The van der Waals surface area contributed by atoms with Crippen molar-refractivity contribution in [1.29, 1.82) is 0 Å². The highest BCUT2D eigenvalue weighted by Gasteiger charge is 2.23. The SMILES string of the molecule is C=C/C=C(\C=C)Oc1c(O)ccc2c1CCCC2=O. The number of fused-ring (bicyclic) bond motifs is 1. The summed E-state index contributed by atoms with van der Waals surface area (Å²) in [4.78, 5) is 11.8. The third kappa shape index (κ3) is 2.60. The lowest BCUT2D eigenvalue weighted by atomic mass is 9.89. The molecule has 19 heavy (non-hydrogen) atoms. The van der Waals surface area contributed by atoms with Crippen LogP contribution in [0.4, 0.5) is 0 Å². The minimum atomic E-state index is 0.0327. The summed E-state index contributed by atoms with van der Waals surface area (Å²) in [5.41, 5.74) is 1.41. The first-order chi connectivity index (χ1) is 9.17. The van der Waals surface area contributed by atoms with Crippen molar-refractivity contribution in [3.05, 3.63) is 60.4 Å². The van der Waals surface area contributed by atoms with E-state index in [0.29, 0.717) is 23.5 Å². The van der Waals surface area contributed by atoms with Crippen molar-refractivity contribution < 1.29 is 14.6 Å². The van der Waals surface area contributed by atoms with Crippen molar-refractivity contribution >= 4 is 5.78 Å². The molecular formula is C16H16O3. The Hall–Kier alpha value is -2.29. The maximum absolute atomic E-state index is 11.8. The summed E-state index contributed by atoms with van der Waals surface area (Å²) >= 11 is 0. The Morgan fingerprint density at radius 1 is 1.32 bits per heavy atom. The maximum Gasteiger partial charge on any atom is 0.172 e. The number of carbonyl (C=O) groups is 1. The van der Waals surface area contributed by atoms with Crippen LogP contribution in [-0.4, -0.2) is 10.9 Å². The van der Waals surface area contributed by atoms with Gasteiger partial charge in [-0.25, -0.2) is 0 Å². The van der Waals surface area contributed by atoms with Crippen molar-refractivity contribution in [2.24, 2.45) is 0 Å². The number of ether oxygens (including phenoxy) is 1. The number of phenolic OH excluding ortho intramolecular Hbond substituents is 1. The van der Waals surface area contributed by atoms with Crippen LogP contribution in [0.5, 0.6) is 11.5 Å². The van der Waals surface area contributed by atoms with Crippen LogP contribution in [0.3, 0.4) is 0 Å². The zero-order chi connectivity index (χ0) is 13.8. The molecule has 0 saturated heterocycles. The lowest BCUT2D eigenvalue weighted by molar-refractivity contribution is 0.0971. The van der Waals surface area contributed by atoms with Gasteiger partial charge in [-0.2, -0.15) is 0 Å². The maximum atomic E-state index is 11.8. The van der Waals surface area contributed by atoms with Gasteiger partial charge in [0.05, 0.1) is 0 Å². The smallest absolute Gasteiger partial charge is 0.172 e. The van der Waals surface area contributed by atoms with E-state index in [-0.39, 0.29) is 11.5 Å². The minimum absolute atomic E-state index is 0.0327. The molecular weight excluding hydrogens is 240 g/mol. The summed E-state index contributed by atoms with van der Waals surface area (Å²) in [6, 6.07) is 3.15. The Morgan fingerprint density at radius 3 is 2.79 bits per heavy atom. The molecule has 1 aromatic rings. The molecule has 0 saturated carbocycles. The number of aromatic hydroxyl groups is 1. The Morgan fingerprint density at radius 2 is 2.11 bits per heavy atom. The molecule has 3 nitrogen and oxygen atoms in total. The number of hydrogen-bond acceptors (Lipinski definition) is 3. The monoisotopic (exact) mass is 256 g/mol. The van der Waals surface area contributed by atoms with Gasteiger partial charge in [0.1, 0.15) is 5.76 Å². The molecule has 3 heteroatoms. The minimum Gasteiger partial charge on any atom is -0.504 e. The zero-order valence-corrected chi connectivity index (χ0v) is 10.7. The number of hydrogen-bond donors (Lipinski definition) is 1. The van der Waals surface area contributed by atoms with E-state index in [4.69, 9.17) is 4.74 Å². The summed E-state index contributed by atoms with van der Waals surface area (Å²) in [5.74, 6) is 0.958. The second-order valence-electron chi connectivity index (χ2n) is 4.33. The molecule has 0 fully saturated rings. The zero-order valence-electron chi connectivity index (χ0n) is 10.7. The molecule has 0 atom stereocenters. The fourth-order valence-corrected chi connectivity index (χ4v) is 2.18. The normalized spacial score (nSPS) is 14.7. The van der Waals surface area contributed by atoms with Crippen LogP contribution in [0.1, 0.15) is 28.8 Å². The molecule has 0 spiro atoms. The highest BCUT2D eigenvalue weighted by Crippen LogP contribution is 2.37. The first-order valence-electron chi connectivity index (χ1n) is 6.18. The number of carbonyl (C=O) groups excluding carboxylic acids is 1. The Balaban J connectivity index is 2.47. The number of phenols is 1. The summed E-state index contributed by atoms with van der Waals surface area (Å²) in [7, 11) is 0. The van der Waals surface area contributed by atoms with Crippen molar-refractivity contribution in [3.8, 4) is 11.5 Å². The molecule has 0 aliphatic heterocycles. The molecule has 1 aliphatic carbocycles. The molecule has 2 rings (SSSR count). The number of benzene rings is 1. The van der Waals surface area contributed by atoms with Crippen LogP contribution in [0, 0.1) is 0 Å². The predicted octanol–water partition coefficient (Wildman–Crippen LogP) is 3.55. The van der Waals surface area contributed by atoms with E-state index in [1.54, 1.807) is 18.2 Å². The van der Waals surface area contributed by atoms with Gasteiger partial charge in [-0.3, -0.25) is 4.79 Å². The van der Waals surface area contributed by atoms with Gasteiger partial charge in [-0.15, -0.1) is 0 Å². The van der Waals surface area contributed by atoms with Crippen LogP contribution in [0.25, 0.3) is 0 Å². The lowest BCUT2D eigenvalue weighted by Crippen LogP contribution is -2.12. The summed E-state index contributed by atoms with van der Waals surface area (Å²) in [5, 5.41) is 9.94. The van der Waals surface area contributed by atoms with Crippen molar-refractivity contribution in [2.45, 2.75) is 19.3 Å². The lowest BCUT2D eigenvalue weighted by Gasteiger charge is -2.19. The molecule has 0 aromatic heterocycles. The van der Waals surface area contributed by atoms with Crippen LogP contribution in [0.15, 0.2) is 49.3 Å². The largest absolute Gasteiger partial charge is 0.504 e.